The Labute approximate surface area is 393 Å². The van der Waals surface area contributed by atoms with Crippen molar-refractivity contribution in [3.63, 3.8) is 0 Å². The second-order valence-electron chi connectivity index (χ2n) is 17.9. The number of carboxylic acid groups (broad SMARTS) is 1. The molecule has 7 nitrogen and oxygen atoms in total. The molecule has 1 aliphatic rings. The predicted molar refractivity (Wildman–Crippen MR) is 278 cm³/mol. The van der Waals surface area contributed by atoms with Gasteiger partial charge in [-0.3, -0.25) is 0 Å². The molecule has 0 saturated heterocycles. The summed E-state index contributed by atoms with van der Waals surface area (Å²) in [5.74, 6) is -1.22. The number of hydrogen-bond donors (Lipinski definition) is 1. The Morgan fingerprint density at radius 1 is 0.561 bits per heavy atom. The van der Waals surface area contributed by atoms with Gasteiger partial charge in [0.25, 0.3) is 0 Å². The molecule has 1 N–H and O–H groups in total. The summed E-state index contributed by atoms with van der Waals surface area (Å²) in [7, 11) is 0. The van der Waals surface area contributed by atoms with Crippen LogP contribution in [0.15, 0.2) is 137 Å². The number of benzene rings is 6. The van der Waals surface area contributed by atoms with Gasteiger partial charge in [-0.1, -0.05) is 133 Å². The van der Waals surface area contributed by atoms with Crippen LogP contribution in [-0.2, 0) is 17.9 Å². The molecule has 9 rings (SSSR count). The Bertz CT molecular complexity index is 2990. The summed E-state index contributed by atoms with van der Waals surface area (Å²) in [4.78, 5) is 18.9. The summed E-state index contributed by atoms with van der Waals surface area (Å²) in [6, 6.07) is 46.6. The number of carboxylic acids is 1. The molecule has 336 valence electrons. The van der Waals surface area contributed by atoms with Crippen LogP contribution in [0.3, 0.4) is 0 Å². The largest absolute Gasteiger partial charge is 0.477 e. The molecule has 0 unspecified atom stereocenters. The molecule has 0 spiro atoms. The van der Waals surface area contributed by atoms with Crippen LogP contribution in [-0.4, -0.2) is 26.8 Å². The minimum absolute atomic E-state index is 0.279. The zero-order valence-electron chi connectivity index (χ0n) is 38.7. The van der Waals surface area contributed by atoms with Crippen LogP contribution in [0.4, 0.5) is 28.4 Å². The lowest BCUT2D eigenvalue weighted by Gasteiger charge is -2.34. The number of anilines is 5. The molecule has 0 aliphatic carbocycles. The van der Waals surface area contributed by atoms with E-state index in [4.69, 9.17) is 0 Å². The lowest BCUT2D eigenvalue weighted by Crippen LogP contribution is -2.22. The number of carbonyl (C=O) groups is 1. The number of nitrogens with zero attached hydrogens (tertiary/aromatic N) is 5. The smallest absolute Gasteiger partial charge is 0.346 e. The molecule has 0 atom stereocenters. The second-order valence-corrected chi connectivity index (χ2v) is 18.9. The molecule has 0 radical (unpaired) electrons. The Morgan fingerprint density at radius 2 is 1.03 bits per heavy atom. The fourth-order valence-electron chi connectivity index (χ4n) is 10.1. The van der Waals surface area contributed by atoms with Gasteiger partial charge in [-0.2, -0.15) is 5.26 Å². The van der Waals surface area contributed by atoms with Crippen molar-refractivity contribution >= 4 is 95.9 Å². The number of nitriles is 1. The number of hydrogen-bond acceptors (Lipinski definition) is 5. The van der Waals surface area contributed by atoms with E-state index in [9.17, 15) is 15.2 Å². The highest BCUT2D eigenvalue weighted by Gasteiger charge is 2.26. The normalized spacial score (nSPS) is 12.6. The van der Waals surface area contributed by atoms with Crippen molar-refractivity contribution in [3.8, 4) is 6.07 Å². The number of para-hydroxylation sites is 2. The van der Waals surface area contributed by atoms with Crippen LogP contribution in [0.5, 0.6) is 0 Å². The van der Waals surface area contributed by atoms with Crippen molar-refractivity contribution in [1.82, 2.24) is 9.13 Å². The van der Waals surface area contributed by atoms with Crippen molar-refractivity contribution < 1.29 is 9.90 Å². The summed E-state index contributed by atoms with van der Waals surface area (Å²) in [6.07, 6.45) is 15.8. The first kappa shape index (κ1) is 44.8. The van der Waals surface area contributed by atoms with Crippen molar-refractivity contribution in [3.05, 3.63) is 132 Å². The van der Waals surface area contributed by atoms with Crippen LogP contribution < -0.4 is 9.80 Å². The van der Waals surface area contributed by atoms with Gasteiger partial charge in [0, 0.05) is 90.1 Å². The lowest BCUT2D eigenvalue weighted by molar-refractivity contribution is -0.132. The van der Waals surface area contributed by atoms with Crippen LogP contribution in [0.2, 0.25) is 0 Å². The molecule has 2 aromatic heterocycles. The number of rotatable bonds is 20. The third kappa shape index (κ3) is 8.94. The number of aryl methyl sites for hydroxylation is 2. The van der Waals surface area contributed by atoms with Crippen molar-refractivity contribution in [2.75, 3.05) is 16.3 Å². The van der Waals surface area contributed by atoms with E-state index in [0.717, 1.165) is 77.9 Å². The first-order valence-corrected chi connectivity index (χ1v) is 25.1. The molecule has 8 aromatic rings. The Kier molecular flexibility index (Phi) is 13.8. The van der Waals surface area contributed by atoms with Gasteiger partial charge < -0.3 is 24.0 Å². The van der Waals surface area contributed by atoms with Crippen molar-refractivity contribution in [1.29, 1.82) is 5.26 Å². The highest BCUT2D eigenvalue weighted by Crippen LogP contribution is 2.51. The number of unbranched alkanes of at least 4 members (excludes halogenated alkanes) is 9. The maximum absolute atomic E-state index is 11.8. The fraction of sp³-hybridized carbons (Fsp3) is 0.310. The van der Waals surface area contributed by atoms with Crippen molar-refractivity contribution in [2.24, 2.45) is 0 Å². The first-order valence-electron chi connectivity index (χ1n) is 24.3. The molecule has 3 heterocycles. The number of aromatic nitrogens is 2. The summed E-state index contributed by atoms with van der Waals surface area (Å²) >= 11 is 1.71. The summed E-state index contributed by atoms with van der Waals surface area (Å²) in [6.45, 7) is 9.65. The molecule has 8 heteroatoms. The van der Waals surface area contributed by atoms with Crippen LogP contribution >= 0.6 is 11.8 Å². The van der Waals surface area contributed by atoms with E-state index in [1.165, 1.54) is 107 Å². The predicted octanol–water partition coefficient (Wildman–Crippen LogP) is 16.7. The average molecular weight is 892 g/mol. The van der Waals surface area contributed by atoms with E-state index in [1.54, 1.807) is 11.8 Å². The molecule has 0 bridgehead atoms. The topological polar surface area (TPSA) is 77.4 Å². The Hall–Kier alpha value is -6.43. The van der Waals surface area contributed by atoms with E-state index in [0.29, 0.717) is 5.56 Å². The zero-order chi connectivity index (χ0) is 45.6. The third-order valence-electron chi connectivity index (χ3n) is 13.4. The first-order chi connectivity index (χ1) is 32.4. The molecule has 1 aliphatic heterocycles. The van der Waals surface area contributed by atoms with E-state index < -0.39 is 5.97 Å². The molecule has 0 saturated carbocycles. The van der Waals surface area contributed by atoms with Crippen LogP contribution in [0, 0.1) is 11.3 Å². The van der Waals surface area contributed by atoms with Gasteiger partial charge in [0.05, 0.1) is 11.4 Å². The Morgan fingerprint density at radius 3 is 1.56 bits per heavy atom. The number of fused-ring (bicyclic) bond motifs is 8. The summed E-state index contributed by atoms with van der Waals surface area (Å²) in [5, 5.41) is 24.3. The van der Waals surface area contributed by atoms with Crippen molar-refractivity contribution in [2.45, 2.75) is 121 Å². The molecule has 6 aromatic carbocycles. The van der Waals surface area contributed by atoms with Gasteiger partial charge in [-0.05, 0) is 110 Å². The van der Waals surface area contributed by atoms with E-state index in [-0.39, 0.29) is 5.57 Å². The quantitative estimate of drug-likeness (QED) is 0.0467. The second kappa shape index (κ2) is 20.4. The zero-order valence-corrected chi connectivity index (χ0v) is 39.5. The minimum Gasteiger partial charge on any atom is -0.477 e. The minimum atomic E-state index is -1.22. The van der Waals surface area contributed by atoms with Gasteiger partial charge in [-0.15, -0.1) is 0 Å². The highest BCUT2D eigenvalue weighted by molar-refractivity contribution is 7.99. The van der Waals surface area contributed by atoms with Gasteiger partial charge in [-0.25, -0.2) is 4.79 Å². The fourth-order valence-corrected chi connectivity index (χ4v) is 11.2. The van der Waals surface area contributed by atoms with Gasteiger partial charge >= 0.3 is 5.97 Å². The summed E-state index contributed by atoms with van der Waals surface area (Å²) in [5.41, 5.74) is 11.0. The lowest BCUT2D eigenvalue weighted by atomic mass is 10.1. The Balaban J connectivity index is 1.20. The van der Waals surface area contributed by atoms with E-state index in [2.05, 4.69) is 149 Å². The molecular formula is C58H61N5O2S. The van der Waals surface area contributed by atoms with Gasteiger partial charge in [0.1, 0.15) is 11.6 Å². The highest BCUT2D eigenvalue weighted by atomic mass is 32.2. The molecular weight excluding hydrogens is 831 g/mol. The molecule has 0 fully saturated rings. The molecule has 0 amide bonds. The van der Waals surface area contributed by atoms with E-state index in [1.807, 2.05) is 18.2 Å². The molecule has 66 heavy (non-hydrogen) atoms. The third-order valence-corrected chi connectivity index (χ3v) is 14.5. The monoisotopic (exact) mass is 891 g/mol. The van der Waals surface area contributed by atoms with E-state index >= 15 is 0 Å². The maximum Gasteiger partial charge on any atom is 0.346 e. The maximum atomic E-state index is 11.8. The van der Waals surface area contributed by atoms with Crippen LogP contribution in [0.25, 0.3) is 49.7 Å². The van der Waals surface area contributed by atoms with Crippen LogP contribution in [0.1, 0.15) is 103 Å². The average Bonchev–Trinajstić information content (AvgIpc) is 3.83. The SMILES string of the molecule is CCCCCCN1c2ccc(/C=C(/C#N)C(=O)O)cc2Sc2cc(N(c3ccc4c(c3)c3ccccc3n4CCCCCC)c3ccc4c(c3)c3ccccc3n4CCCCCC)ccc21. The standard InChI is InChI=1S/C58H61N5O2S/c1-4-7-10-17-32-60-50-22-15-13-20-46(50)48-37-43(25-29-52(48)60)63(44-26-30-53-49(38-44)47-21-14-16-23-51(47)61(53)33-18-11-8-5-2)45-27-31-55-57(39-45)66-56-36-41(35-42(40-59)58(64)65)24-28-54(56)62(55)34-19-12-9-6-3/h13-16,20-31,35-39H,4-12,17-19,32-34H2,1-3H3,(H,64,65)/b42-35-. The summed E-state index contributed by atoms with van der Waals surface area (Å²) < 4.78 is 5.05. The van der Waals surface area contributed by atoms with Gasteiger partial charge in [0.15, 0.2) is 0 Å². The number of aliphatic carboxylic acids is 1. The van der Waals surface area contributed by atoms with Gasteiger partial charge in [0.2, 0.25) is 0 Å².